The van der Waals surface area contributed by atoms with Gasteiger partial charge in [-0.25, -0.2) is 9.18 Å². The number of halogens is 2. The lowest BCUT2D eigenvalue weighted by Crippen LogP contribution is -2.44. The Bertz CT molecular complexity index is 488. The minimum atomic E-state index is -0.546. The van der Waals surface area contributed by atoms with Crippen molar-refractivity contribution in [3.63, 3.8) is 0 Å². The zero-order valence-electron chi connectivity index (χ0n) is 10.9. The number of carbonyl (C=O) groups excluding carboxylic acids is 1. The van der Waals surface area contributed by atoms with Gasteiger partial charge in [0.25, 0.3) is 0 Å². The molecule has 0 N–H and O–H groups in total. The van der Waals surface area contributed by atoms with Gasteiger partial charge in [-0.15, -0.1) is 0 Å². The van der Waals surface area contributed by atoms with Crippen LogP contribution >= 0.6 is 15.9 Å². The van der Waals surface area contributed by atoms with Crippen molar-refractivity contribution in [2.75, 3.05) is 45.2 Å². The lowest BCUT2D eigenvalue weighted by molar-refractivity contribution is 0.0599. The van der Waals surface area contributed by atoms with Crippen molar-refractivity contribution in [3.8, 4) is 0 Å². The smallest absolute Gasteiger partial charge is 0.339 e. The average Bonchev–Trinajstić information content (AvgIpc) is 2.41. The van der Waals surface area contributed by atoms with Crippen LogP contribution in [0.25, 0.3) is 0 Å². The Balaban J connectivity index is 2.28. The van der Waals surface area contributed by atoms with E-state index in [0.29, 0.717) is 10.2 Å². The summed E-state index contributed by atoms with van der Waals surface area (Å²) in [6.07, 6.45) is 0. The first-order valence-corrected chi connectivity index (χ1v) is 6.83. The van der Waals surface area contributed by atoms with Crippen LogP contribution in [0.15, 0.2) is 16.6 Å². The van der Waals surface area contributed by atoms with E-state index in [4.69, 9.17) is 0 Å². The molecule has 0 amide bonds. The molecule has 0 bridgehead atoms. The zero-order chi connectivity index (χ0) is 14.0. The number of ether oxygens (including phenoxy) is 1. The summed E-state index contributed by atoms with van der Waals surface area (Å²) >= 11 is 3.30. The van der Waals surface area contributed by atoms with Gasteiger partial charge in [-0.05, 0) is 35.1 Å². The molecule has 4 nitrogen and oxygen atoms in total. The van der Waals surface area contributed by atoms with E-state index in [2.05, 4.69) is 25.6 Å². The first-order valence-electron chi connectivity index (χ1n) is 6.03. The Morgan fingerprint density at radius 2 is 1.95 bits per heavy atom. The Hall–Kier alpha value is -1.14. The third kappa shape index (κ3) is 3.06. The highest BCUT2D eigenvalue weighted by Crippen LogP contribution is 2.28. The van der Waals surface area contributed by atoms with Crippen molar-refractivity contribution < 1.29 is 13.9 Å². The van der Waals surface area contributed by atoms with E-state index < -0.39 is 11.8 Å². The van der Waals surface area contributed by atoms with Gasteiger partial charge in [0.05, 0.1) is 18.4 Å². The molecule has 0 saturated carbocycles. The standard InChI is InChI=1S/C13H16BrFN2O2/c1-16-3-5-17(6-4-16)12-8-10(14)9(7-11(12)15)13(18)19-2/h7-8H,3-6H2,1-2H3. The number of benzene rings is 1. The summed E-state index contributed by atoms with van der Waals surface area (Å²) < 4.78 is 19.3. The van der Waals surface area contributed by atoms with E-state index >= 15 is 0 Å². The third-order valence-corrected chi connectivity index (χ3v) is 3.94. The van der Waals surface area contributed by atoms with Crippen molar-refractivity contribution in [1.29, 1.82) is 0 Å². The molecular weight excluding hydrogens is 315 g/mol. The molecule has 19 heavy (non-hydrogen) atoms. The summed E-state index contributed by atoms with van der Waals surface area (Å²) in [7, 11) is 3.32. The normalized spacial score (nSPS) is 16.5. The van der Waals surface area contributed by atoms with Crippen molar-refractivity contribution in [2.24, 2.45) is 0 Å². The molecule has 1 aromatic rings. The summed E-state index contributed by atoms with van der Waals surface area (Å²) in [5.41, 5.74) is 0.727. The number of nitrogens with zero attached hydrogens (tertiary/aromatic N) is 2. The molecular formula is C13H16BrFN2O2. The van der Waals surface area contributed by atoms with E-state index in [-0.39, 0.29) is 5.56 Å². The number of likely N-dealkylation sites (N-methyl/N-ethyl adjacent to an activating group) is 1. The van der Waals surface area contributed by atoms with Crippen molar-refractivity contribution >= 4 is 27.6 Å². The SMILES string of the molecule is COC(=O)c1cc(F)c(N2CCN(C)CC2)cc1Br. The van der Waals surface area contributed by atoms with Crippen molar-refractivity contribution in [3.05, 3.63) is 28.0 Å². The van der Waals surface area contributed by atoms with Crippen molar-refractivity contribution in [1.82, 2.24) is 4.90 Å². The van der Waals surface area contributed by atoms with Crippen LogP contribution in [-0.4, -0.2) is 51.2 Å². The molecule has 0 spiro atoms. The Morgan fingerprint density at radius 3 is 2.53 bits per heavy atom. The summed E-state index contributed by atoms with van der Waals surface area (Å²) in [5.74, 6) is -0.941. The number of esters is 1. The van der Waals surface area contributed by atoms with Crippen LogP contribution in [-0.2, 0) is 4.74 Å². The highest BCUT2D eigenvalue weighted by Gasteiger charge is 2.21. The van der Waals surface area contributed by atoms with Gasteiger partial charge >= 0.3 is 5.97 Å². The molecule has 1 aliphatic rings. The topological polar surface area (TPSA) is 32.8 Å². The molecule has 0 unspecified atom stereocenters. The van der Waals surface area contributed by atoms with Crippen LogP contribution in [0.1, 0.15) is 10.4 Å². The molecule has 2 rings (SSSR count). The predicted octanol–water partition coefficient (Wildman–Crippen LogP) is 2.13. The quantitative estimate of drug-likeness (QED) is 0.778. The largest absolute Gasteiger partial charge is 0.465 e. The Labute approximate surface area is 120 Å². The van der Waals surface area contributed by atoms with E-state index in [0.717, 1.165) is 26.2 Å². The molecule has 1 aromatic carbocycles. The molecule has 0 aromatic heterocycles. The van der Waals surface area contributed by atoms with Crippen LogP contribution in [0.3, 0.4) is 0 Å². The number of methoxy groups -OCH3 is 1. The molecule has 1 heterocycles. The second kappa shape index (κ2) is 5.88. The van der Waals surface area contributed by atoms with Crippen LogP contribution < -0.4 is 4.90 Å². The molecule has 0 aliphatic carbocycles. The fourth-order valence-corrected chi connectivity index (χ4v) is 2.59. The highest BCUT2D eigenvalue weighted by atomic mass is 79.9. The van der Waals surface area contributed by atoms with Gasteiger partial charge in [0.15, 0.2) is 0 Å². The van der Waals surface area contributed by atoms with E-state index in [1.54, 1.807) is 6.07 Å². The fourth-order valence-electron chi connectivity index (χ4n) is 2.09. The molecule has 0 atom stereocenters. The molecule has 6 heteroatoms. The van der Waals surface area contributed by atoms with Crippen LogP contribution in [0.5, 0.6) is 0 Å². The number of rotatable bonds is 2. The third-order valence-electron chi connectivity index (χ3n) is 3.29. The van der Waals surface area contributed by atoms with Crippen molar-refractivity contribution in [2.45, 2.75) is 0 Å². The van der Waals surface area contributed by atoms with E-state index in [1.165, 1.54) is 13.2 Å². The minimum absolute atomic E-state index is 0.206. The lowest BCUT2D eigenvalue weighted by atomic mass is 10.1. The highest BCUT2D eigenvalue weighted by molar-refractivity contribution is 9.10. The van der Waals surface area contributed by atoms with Gasteiger partial charge in [-0.1, -0.05) is 0 Å². The van der Waals surface area contributed by atoms with E-state index in [9.17, 15) is 9.18 Å². The second-order valence-corrected chi connectivity index (χ2v) is 5.42. The molecule has 1 fully saturated rings. The van der Waals surface area contributed by atoms with Crippen LogP contribution in [0, 0.1) is 5.82 Å². The average molecular weight is 331 g/mol. The number of hydrogen-bond acceptors (Lipinski definition) is 4. The first kappa shape index (κ1) is 14.3. The Kier molecular flexibility index (Phi) is 4.42. The monoisotopic (exact) mass is 330 g/mol. The summed E-state index contributed by atoms with van der Waals surface area (Å²) in [4.78, 5) is 15.7. The summed E-state index contributed by atoms with van der Waals surface area (Å²) in [6.45, 7) is 3.35. The molecule has 0 radical (unpaired) electrons. The van der Waals surface area contributed by atoms with Gasteiger partial charge in [0.1, 0.15) is 5.82 Å². The number of anilines is 1. The van der Waals surface area contributed by atoms with Crippen LogP contribution in [0.4, 0.5) is 10.1 Å². The number of piperazine rings is 1. The zero-order valence-corrected chi connectivity index (χ0v) is 12.5. The van der Waals surface area contributed by atoms with E-state index in [1.807, 2.05) is 11.9 Å². The maximum Gasteiger partial charge on any atom is 0.339 e. The van der Waals surface area contributed by atoms with Gasteiger partial charge in [-0.3, -0.25) is 0 Å². The van der Waals surface area contributed by atoms with Gasteiger partial charge in [-0.2, -0.15) is 0 Å². The van der Waals surface area contributed by atoms with Gasteiger partial charge in [0.2, 0.25) is 0 Å². The Morgan fingerprint density at radius 1 is 1.32 bits per heavy atom. The summed E-state index contributed by atoms with van der Waals surface area (Å²) in [6, 6.07) is 2.87. The number of carbonyl (C=O) groups is 1. The molecule has 1 aliphatic heterocycles. The maximum absolute atomic E-state index is 14.1. The lowest BCUT2D eigenvalue weighted by Gasteiger charge is -2.34. The molecule has 1 saturated heterocycles. The second-order valence-electron chi connectivity index (χ2n) is 4.57. The fraction of sp³-hybridized carbons (Fsp3) is 0.462. The minimum Gasteiger partial charge on any atom is -0.465 e. The number of hydrogen-bond donors (Lipinski definition) is 0. The predicted molar refractivity (Wildman–Crippen MR) is 75.1 cm³/mol. The van der Waals surface area contributed by atoms with Crippen LogP contribution in [0.2, 0.25) is 0 Å². The van der Waals surface area contributed by atoms with Gasteiger partial charge in [0, 0.05) is 30.7 Å². The van der Waals surface area contributed by atoms with Gasteiger partial charge < -0.3 is 14.5 Å². The summed E-state index contributed by atoms with van der Waals surface area (Å²) in [5, 5.41) is 0. The maximum atomic E-state index is 14.1. The molecule has 104 valence electrons. The first-order chi connectivity index (χ1) is 9.02.